The normalized spacial score (nSPS) is 11.4. The average molecular weight is 475 g/mol. The average Bonchev–Trinajstić information content (AvgIpc) is 2.92. The first kappa shape index (κ1) is 17.2. The van der Waals surface area contributed by atoms with E-state index in [1.165, 1.54) is 26.7 Å². The Morgan fingerprint density at radius 2 is 1.36 bits per heavy atom. The summed E-state index contributed by atoms with van der Waals surface area (Å²) >= 11 is 9.15. The molecular formula is C21H17Br2NS. The van der Waals surface area contributed by atoms with Crippen LogP contribution in [0.25, 0.3) is 21.8 Å². The van der Waals surface area contributed by atoms with E-state index in [2.05, 4.69) is 103 Å². The number of fused-ring (bicyclic) bond motifs is 3. The molecule has 0 bridgehead atoms. The van der Waals surface area contributed by atoms with Crippen molar-refractivity contribution >= 4 is 65.4 Å². The van der Waals surface area contributed by atoms with Crippen LogP contribution in [-0.2, 0) is 6.54 Å². The highest BCUT2D eigenvalue weighted by Gasteiger charge is 2.11. The van der Waals surface area contributed by atoms with Gasteiger partial charge in [-0.25, -0.2) is 0 Å². The molecule has 0 aliphatic carbocycles. The van der Waals surface area contributed by atoms with Gasteiger partial charge in [-0.2, -0.15) is 0 Å². The molecule has 1 heterocycles. The van der Waals surface area contributed by atoms with Gasteiger partial charge in [-0.3, -0.25) is 0 Å². The largest absolute Gasteiger partial charge is 0.340 e. The van der Waals surface area contributed by atoms with Crippen molar-refractivity contribution in [1.29, 1.82) is 0 Å². The Morgan fingerprint density at radius 1 is 0.760 bits per heavy atom. The highest BCUT2D eigenvalue weighted by Crippen LogP contribution is 2.33. The summed E-state index contributed by atoms with van der Waals surface area (Å²) < 4.78 is 4.70. The van der Waals surface area contributed by atoms with E-state index in [1.54, 1.807) is 0 Å². The van der Waals surface area contributed by atoms with E-state index >= 15 is 0 Å². The van der Waals surface area contributed by atoms with Gasteiger partial charge in [0.15, 0.2) is 0 Å². The van der Waals surface area contributed by atoms with Crippen LogP contribution in [0.2, 0.25) is 0 Å². The summed E-state index contributed by atoms with van der Waals surface area (Å²) in [5.74, 6) is 1.12. The van der Waals surface area contributed by atoms with E-state index < -0.39 is 0 Å². The predicted molar refractivity (Wildman–Crippen MR) is 117 cm³/mol. The fourth-order valence-corrected chi connectivity index (χ4v) is 4.80. The smallest absolute Gasteiger partial charge is 0.0492 e. The van der Waals surface area contributed by atoms with Crippen LogP contribution < -0.4 is 0 Å². The fraction of sp³-hybridized carbons (Fsp3) is 0.143. The van der Waals surface area contributed by atoms with Gasteiger partial charge >= 0.3 is 0 Å². The Balaban J connectivity index is 1.61. The van der Waals surface area contributed by atoms with Crippen LogP contribution in [0.4, 0.5) is 0 Å². The third kappa shape index (κ3) is 3.67. The molecule has 25 heavy (non-hydrogen) atoms. The first-order valence-corrected chi connectivity index (χ1v) is 10.8. The van der Waals surface area contributed by atoms with Gasteiger partial charge in [0, 0.05) is 42.2 Å². The molecule has 0 atom stereocenters. The SMILES string of the molecule is Brc1ccc2c(c1)c1cc(Br)ccc1n2CCCSc1ccccc1. The number of rotatable bonds is 5. The second-order valence-electron chi connectivity index (χ2n) is 5.99. The lowest BCUT2D eigenvalue weighted by Crippen LogP contribution is -1.98. The minimum Gasteiger partial charge on any atom is -0.340 e. The van der Waals surface area contributed by atoms with Crippen molar-refractivity contribution in [3.8, 4) is 0 Å². The number of thioether (sulfide) groups is 1. The van der Waals surface area contributed by atoms with Crippen LogP contribution in [0.1, 0.15) is 6.42 Å². The van der Waals surface area contributed by atoms with Crippen LogP contribution in [0.3, 0.4) is 0 Å². The first-order chi connectivity index (χ1) is 12.2. The van der Waals surface area contributed by atoms with E-state index in [-0.39, 0.29) is 0 Å². The van der Waals surface area contributed by atoms with Gasteiger partial charge < -0.3 is 4.57 Å². The Morgan fingerprint density at radius 3 is 1.96 bits per heavy atom. The molecule has 0 aliphatic rings. The van der Waals surface area contributed by atoms with Gasteiger partial charge in [0.2, 0.25) is 0 Å². The molecule has 0 aliphatic heterocycles. The lowest BCUT2D eigenvalue weighted by molar-refractivity contribution is 0.730. The number of benzene rings is 3. The molecule has 0 N–H and O–H groups in total. The Labute approximate surface area is 168 Å². The topological polar surface area (TPSA) is 4.93 Å². The maximum absolute atomic E-state index is 3.61. The van der Waals surface area contributed by atoms with Gasteiger partial charge in [-0.1, -0.05) is 50.1 Å². The second-order valence-corrected chi connectivity index (χ2v) is 8.99. The number of halogens is 2. The molecule has 0 saturated carbocycles. The van der Waals surface area contributed by atoms with Crippen LogP contribution in [0.15, 0.2) is 80.6 Å². The van der Waals surface area contributed by atoms with E-state index in [1.807, 2.05) is 11.8 Å². The molecule has 0 unspecified atom stereocenters. The molecule has 0 amide bonds. The maximum Gasteiger partial charge on any atom is 0.0492 e. The van der Waals surface area contributed by atoms with Gasteiger partial charge in [-0.15, -0.1) is 11.8 Å². The molecular weight excluding hydrogens is 458 g/mol. The van der Waals surface area contributed by atoms with Crippen molar-refractivity contribution in [3.05, 3.63) is 75.7 Å². The van der Waals surface area contributed by atoms with Crippen molar-refractivity contribution in [2.24, 2.45) is 0 Å². The van der Waals surface area contributed by atoms with Crippen LogP contribution in [0.5, 0.6) is 0 Å². The summed E-state index contributed by atoms with van der Waals surface area (Å²) in [6, 6.07) is 23.8. The molecule has 0 saturated heterocycles. The van der Waals surface area contributed by atoms with Crippen molar-refractivity contribution in [1.82, 2.24) is 4.57 Å². The zero-order chi connectivity index (χ0) is 17.2. The molecule has 1 nitrogen and oxygen atoms in total. The third-order valence-corrected chi connectivity index (χ3v) is 6.41. The highest BCUT2D eigenvalue weighted by molar-refractivity contribution is 9.10. The van der Waals surface area contributed by atoms with E-state index in [4.69, 9.17) is 0 Å². The number of hydrogen-bond donors (Lipinski definition) is 0. The minimum atomic E-state index is 1.03. The molecule has 1 aromatic heterocycles. The minimum absolute atomic E-state index is 1.03. The first-order valence-electron chi connectivity index (χ1n) is 8.27. The molecule has 4 aromatic rings. The summed E-state index contributed by atoms with van der Waals surface area (Å²) in [5, 5.41) is 2.61. The maximum atomic E-state index is 3.61. The van der Waals surface area contributed by atoms with Gasteiger partial charge in [0.1, 0.15) is 0 Å². The molecule has 4 heteroatoms. The Hall–Kier alpha value is -1.23. The molecule has 3 aromatic carbocycles. The van der Waals surface area contributed by atoms with Crippen molar-refractivity contribution in [2.75, 3.05) is 5.75 Å². The molecule has 0 fully saturated rings. The predicted octanol–water partition coefficient (Wildman–Crippen LogP) is 7.50. The van der Waals surface area contributed by atoms with E-state index in [9.17, 15) is 0 Å². The second kappa shape index (κ2) is 7.56. The lowest BCUT2D eigenvalue weighted by atomic mass is 10.2. The zero-order valence-electron chi connectivity index (χ0n) is 13.6. The van der Waals surface area contributed by atoms with E-state index in [0.717, 1.165) is 27.7 Å². The standard InChI is InChI=1S/C21H17Br2NS/c22-15-7-9-20-18(13-15)19-14-16(23)8-10-21(19)24(20)11-4-12-25-17-5-2-1-3-6-17/h1-3,5-10,13-14H,4,11-12H2. The summed E-state index contributed by atoms with van der Waals surface area (Å²) in [6.45, 7) is 1.03. The number of nitrogens with zero attached hydrogens (tertiary/aromatic N) is 1. The lowest BCUT2D eigenvalue weighted by Gasteiger charge is -2.08. The number of aromatic nitrogens is 1. The Kier molecular flexibility index (Phi) is 5.20. The summed E-state index contributed by atoms with van der Waals surface area (Å²) in [4.78, 5) is 1.34. The molecule has 0 radical (unpaired) electrons. The zero-order valence-corrected chi connectivity index (χ0v) is 17.6. The van der Waals surface area contributed by atoms with Crippen molar-refractivity contribution < 1.29 is 0 Å². The molecule has 0 spiro atoms. The monoisotopic (exact) mass is 473 g/mol. The van der Waals surface area contributed by atoms with Crippen LogP contribution in [0, 0.1) is 0 Å². The molecule has 4 rings (SSSR count). The van der Waals surface area contributed by atoms with Crippen LogP contribution in [-0.4, -0.2) is 10.3 Å². The van der Waals surface area contributed by atoms with Gasteiger partial charge in [0.25, 0.3) is 0 Å². The highest BCUT2D eigenvalue weighted by atomic mass is 79.9. The number of hydrogen-bond acceptors (Lipinski definition) is 1. The van der Waals surface area contributed by atoms with Gasteiger partial charge in [0.05, 0.1) is 0 Å². The number of aryl methyl sites for hydroxylation is 1. The molecule has 126 valence electrons. The van der Waals surface area contributed by atoms with Crippen molar-refractivity contribution in [2.45, 2.75) is 17.9 Å². The van der Waals surface area contributed by atoms with Crippen LogP contribution >= 0.6 is 43.6 Å². The van der Waals surface area contributed by atoms with Crippen molar-refractivity contribution in [3.63, 3.8) is 0 Å². The summed E-state index contributed by atoms with van der Waals surface area (Å²) in [7, 11) is 0. The Bertz CT molecular complexity index is 965. The quantitative estimate of drug-likeness (QED) is 0.214. The fourth-order valence-electron chi connectivity index (χ4n) is 3.22. The van der Waals surface area contributed by atoms with E-state index in [0.29, 0.717) is 0 Å². The summed E-state index contributed by atoms with van der Waals surface area (Å²) in [6.07, 6.45) is 1.14. The van der Waals surface area contributed by atoms with Gasteiger partial charge in [-0.05, 0) is 60.7 Å². The summed E-state index contributed by atoms with van der Waals surface area (Å²) in [5.41, 5.74) is 2.61. The third-order valence-electron chi connectivity index (χ3n) is 4.33.